The normalized spacial score (nSPS) is 11.5. The van der Waals surface area contributed by atoms with Gasteiger partial charge in [0.15, 0.2) is 5.82 Å². The Labute approximate surface area is 360 Å². The summed E-state index contributed by atoms with van der Waals surface area (Å²) in [4.78, 5) is 10.2. The van der Waals surface area contributed by atoms with E-state index in [9.17, 15) is 0 Å². The first-order valence-electron chi connectivity index (χ1n) is 21.2. The third-order valence-corrected chi connectivity index (χ3v) is 12.4. The van der Waals surface area contributed by atoms with E-state index < -0.39 is 0 Å². The zero-order valence-corrected chi connectivity index (χ0v) is 33.8. The van der Waals surface area contributed by atoms with E-state index in [1.54, 1.807) is 0 Å². The third-order valence-electron chi connectivity index (χ3n) is 12.4. The first-order valence-corrected chi connectivity index (χ1v) is 21.2. The van der Waals surface area contributed by atoms with Gasteiger partial charge >= 0.3 is 0 Å². The molecule has 0 spiro atoms. The maximum absolute atomic E-state index is 5.12. The van der Waals surface area contributed by atoms with Gasteiger partial charge in [-0.25, -0.2) is 9.97 Å². The Morgan fingerprint density at radius 1 is 0.242 bits per heavy atom. The van der Waals surface area contributed by atoms with Crippen molar-refractivity contribution in [3.63, 3.8) is 0 Å². The molecular formula is C60H38N2. The van der Waals surface area contributed by atoms with Crippen LogP contribution in [0.2, 0.25) is 0 Å². The summed E-state index contributed by atoms with van der Waals surface area (Å²) >= 11 is 0. The average molecular weight is 787 g/mol. The minimum Gasteiger partial charge on any atom is -0.228 e. The van der Waals surface area contributed by atoms with E-state index in [4.69, 9.17) is 9.97 Å². The van der Waals surface area contributed by atoms with Crippen LogP contribution in [0.4, 0.5) is 0 Å². The highest BCUT2D eigenvalue weighted by atomic mass is 14.9. The molecule has 0 aliphatic heterocycles. The van der Waals surface area contributed by atoms with Gasteiger partial charge in [-0.1, -0.05) is 212 Å². The van der Waals surface area contributed by atoms with Crippen LogP contribution in [0.5, 0.6) is 0 Å². The maximum atomic E-state index is 5.12. The van der Waals surface area contributed by atoms with Crippen molar-refractivity contribution in [1.82, 2.24) is 9.97 Å². The van der Waals surface area contributed by atoms with Crippen LogP contribution in [0.25, 0.3) is 121 Å². The minimum atomic E-state index is 0.713. The van der Waals surface area contributed by atoms with Crippen molar-refractivity contribution >= 4 is 53.9 Å². The van der Waals surface area contributed by atoms with Gasteiger partial charge in [-0.05, 0) is 105 Å². The fourth-order valence-corrected chi connectivity index (χ4v) is 9.48. The van der Waals surface area contributed by atoms with E-state index in [1.165, 1.54) is 81.7 Å². The number of aromatic nitrogens is 2. The molecule has 0 amide bonds. The van der Waals surface area contributed by atoms with Crippen molar-refractivity contribution < 1.29 is 0 Å². The highest BCUT2D eigenvalue weighted by Gasteiger charge is 2.19. The van der Waals surface area contributed by atoms with E-state index in [0.29, 0.717) is 5.82 Å². The number of rotatable bonds is 6. The molecular weight excluding hydrogens is 749 g/mol. The summed E-state index contributed by atoms with van der Waals surface area (Å²) in [5, 5.41) is 12.4. The van der Waals surface area contributed by atoms with Crippen LogP contribution in [0.1, 0.15) is 0 Å². The Balaban J connectivity index is 0.946. The van der Waals surface area contributed by atoms with E-state index in [1.807, 2.05) is 18.2 Å². The highest BCUT2D eigenvalue weighted by molar-refractivity contribution is 6.28. The lowest BCUT2D eigenvalue weighted by Gasteiger charge is -2.19. The zero-order valence-electron chi connectivity index (χ0n) is 33.8. The maximum Gasteiger partial charge on any atom is 0.160 e. The lowest BCUT2D eigenvalue weighted by molar-refractivity contribution is 1.18. The van der Waals surface area contributed by atoms with Gasteiger partial charge in [0, 0.05) is 16.7 Å². The molecule has 0 aliphatic rings. The molecule has 1 aromatic heterocycles. The van der Waals surface area contributed by atoms with E-state index in [2.05, 4.69) is 212 Å². The molecule has 0 atom stereocenters. The zero-order chi connectivity index (χ0) is 41.0. The molecule has 12 rings (SSSR count). The van der Waals surface area contributed by atoms with Crippen LogP contribution in [0.3, 0.4) is 0 Å². The molecule has 2 heteroatoms. The van der Waals surface area contributed by atoms with Crippen LogP contribution in [0, 0.1) is 0 Å². The quantitative estimate of drug-likeness (QED) is 0.124. The van der Waals surface area contributed by atoms with Crippen LogP contribution in [-0.4, -0.2) is 9.97 Å². The van der Waals surface area contributed by atoms with Crippen molar-refractivity contribution in [2.75, 3.05) is 0 Å². The summed E-state index contributed by atoms with van der Waals surface area (Å²) in [7, 11) is 0. The first kappa shape index (κ1) is 35.7. The van der Waals surface area contributed by atoms with Gasteiger partial charge in [-0.15, -0.1) is 0 Å². The Hall–Kier alpha value is -8.20. The van der Waals surface area contributed by atoms with Crippen molar-refractivity contribution in [2.45, 2.75) is 0 Å². The van der Waals surface area contributed by atoms with Gasteiger partial charge < -0.3 is 0 Å². The Morgan fingerprint density at radius 3 is 1.50 bits per heavy atom. The van der Waals surface area contributed by atoms with Gasteiger partial charge in [-0.3, -0.25) is 0 Å². The molecule has 11 aromatic carbocycles. The molecule has 0 fully saturated rings. The van der Waals surface area contributed by atoms with Crippen LogP contribution < -0.4 is 0 Å². The summed E-state index contributed by atoms with van der Waals surface area (Å²) in [6.45, 7) is 0. The predicted octanol–water partition coefficient (Wildman–Crippen LogP) is 16.2. The minimum absolute atomic E-state index is 0.713. The van der Waals surface area contributed by atoms with Gasteiger partial charge in [0.05, 0.1) is 11.4 Å². The Bertz CT molecular complexity index is 3660. The van der Waals surface area contributed by atoms with Crippen molar-refractivity contribution in [3.05, 3.63) is 231 Å². The summed E-state index contributed by atoms with van der Waals surface area (Å²) in [5.74, 6) is 0.713. The predicted molar refractivity (Wildman–Crippen MR) is 262 cm³/mol. The summed E-state index contributed by atoms with van der Waals surface area (Å²) in [6.07, 6.45) is 0. The molecule has 0 radical (unpaired) electrons. The number of benzene rings is 11. The molecule has 288 valence electrons. The second-order valence-corrected chi connectivity index (χ2v) is 16.1. The monoisotopic (exact) mass is 786 g/mol. The van der Waals surface area contributed by atoms with Crippen LogP contribution in [-0.2, 0) is 0 Å². The summed E-state index contributed by atoms with van der Waals surface area (Å²) in [5.41, 5.74) is 12.3. The summed E-state index contributed by atoms with van der Waals surface area (Å²) in [6, 6.07) is 83.1. The number of nitrogens with zero attached hydrogens (tertiary/aromatic N) is 2. The Morgan fingerprint density at radius 2 is 0.758 bits per heavy atom. The van der Waals surface area contributed by atoms with Crippen molar-refractivity contribution in [2.24, 2.45) is 0 Å². The van der Waals surface area contributed by atoms with E-state index in [0.717, 1.165) is 33.6 Å². The fraction of sp³-hybridized carbons (Fsp3) is 0. The molecule has 1 heterocycles. The van der Waals surface area contributed by atoms with Crippen LogP contribution >= 0.6 is 0 Å². The second kappa shape index (κ2) is 14.8. The fourth-order valence-electron chi connectivity index (χ4n) is 9.48. The standard InChI is InChI=1S/C60H38N2/c1-3-16-43(17-4-1)57-52-23-11-12-24-53(52)58(59-50-22-10-8-15-41(50)34-35-54(57)59)48-33-32-46-36-45(30-31-47(46)37-48)39-26-28-42(29-27-39)55-38-56(62-60(61-55)44-18-5-2-6-19-44)51-25-13-20-40-14-7-9-21-49(40)51/h1-38H. The van der Waals surface area contributed by atoms with Gasteiger partial charge in [0.25, 0.3) is 0 Å². The highest BCUT2D eigenvalue weighted by Crippen LogP contribution is 2.46. The smallest absolute Gasteiger partial charge is 0.160 e. The van der Waals surface area contributed by atoms with Gasteiger partial charge in [0.2, 0.25) is 0 Å². The number of hydrogen-bond donors (Lipinski definition) is 0. The lowest BCUT2D eigenvalue weighted by Crippen LogP contribution is -1.96. The Kier molecular flexibility index (Phi) is 8.53. The second-order valence-electron chi connectivity index (χ2n) is 16.1. The van der Waals surface area contributed by atoms with Crippen molar-refractivity contribution in [1.29, 1.82) is 0 Å². The SMILES string of the molecule is c1ccc(-c2nc(-c3ccc(-c4ccc5cc(-c6c7ccccc7c(-c7ccccc7)c7ccc8ccccc8c67)ccc5c4)cc3)cc(-c3cccc4ccccc34)n2)cc1. The summed E-state index contributed by atoms with van der Waals surface area (Å²) < 4.78 is 0. The molecule has 0 bridgehead atoms. The van der Waals surface area contributed by atoms with Crippen molar-refractivity contribution in [3.8, 4) is 67.3 Å². The van der Waals surface area contributed by atoms with E-state index in [-0.39, 0.29) is 0 Å². The largest absolute Gasteiger partial charge is 0.228 e. The first-order chi connectivity index (χ1) is 30.7. The lowest BCUT2D eigenvalue weighted by atomic mass is 9.83. The molecule has 2 nitrogen and oxygen atoms in total. The van der Waals surface area contributed by atoms with Crippen LogP contribution in [0.15, 0.2) is 231 Å². The average Bonchev–Trinajstić information content (AvgIpc) is 3.35. The van der Waals surface area contributed by atoms with Gasteiger partial charge in [0.1, 0.15) is 0 Å². The number of fused-ring (bicyclic) bond motifs is 6. The molecule has 62 heavy (non-hydrogen) atoms. The van der Waals surface area contributed by atoms with E-state index >= 15 is 0 Å². The molecule has 12 aromatic rings. The molecule has 0 unspecified atom stereocenters. The third kappa shape index (κ3) is 6.12. The molecule has 0 saturated heterocycles. The van der Waals surface area contributed by atoms with Gasteiger partial charge in [-0.2, -0.15) is 0 Å². The molecule has 0 aliphatic carbocycles. The molecule has 0 N–H and O–H groups in total. The molecule has 0 saturated carbocycles. The number of hydrogen-bond acceptors (Lipinski definition) is 2. The topological polar surface area (TPSA) is 25.8 Å².